The number of hydrogen-bond acceptors (Lipinski definition) is 2. The molecule has 1 aliphatic carbocycles. The number of nitrogens with zero attached hydrogens (tertiary/aromatic N) is 2. The third-order valence-electron chi connectivity index (χ3n) is 11.9. The van der Waals surface area contributed by atoms with Crippen molar-refractivity contribution < 1.29 is 9.31 Å². The predicted octanol–water partition coefficient (Wildman–Crippen LogP) is 12.1. The Balaban J connectivity index is 1.15. The third kappa shape index (κ3) is 5.81. The smallest absolute Gasteiger partial charge is 0.210 e. The summed E-state index contributed by atoms with van der Waals surface area (Å²) >= 11 is 0. The van der Waals surface area contributed by atoms with Crippen molar-refractivity contribution in [1.29, 1.82) is 0 Å². The molecule has 0 radical (unpaired) electrons. The van der Waals surface area contributed by atoms with E-state index >= 15 is 0 Å². The number of benzene rings is 5. The second-order valence-electron chi connectivity index (χ2n) is 15.8. The minimum atomic E-state index is -0.110. The minimum Gasteiger partial charge on any atom is -0.494 e. The summed E-state index contributed by atoms with van der Waals surface area (Å²) in [5.41, 5.74) is 12.3. The van der Waals surface area contributed by atoms with Crippen LogP contribution in [0.15, 0.2) is 150 Å². The van der Waals surface area contributed by atoms with Crippen LogP contribution >= 0.6 is 0 Å². The van der Waals surface area contributed by atoms with Gasteiger partial charge in [0.1, 0.15) is 12.8 Å². The number of fused-ring (bicyclic) bond motifs is 6. The van der Waals surface area contributed by atoms with Crippen LogP contribution in [0.25, 0.3) is 21.5 Å². The Morgan fingerprint density at radius 2 is 1.38 bits per heavy atom. The van der Waals surface area contributed by atoms with Gasteiger partial charge in [0.15, 0.2) is 5.71 Å². The van der Waals surface area contributed by atoms with Gasteiger partial charge in [-0.2, -0.15) is 4.58 Å². The summed E-state index contributed by atoms with van der Waals surface area (Å²) in [6.07, 6.45) is 15.0. The lowest BCUT2D eigenvalue weighted by Crippen LogP contribution is -2.27. The summed E-state index contributed by atoms with van der Waals surface area (Å²) in [5.74, 6) is 0.939. The van der Waals surface area contributed by atoms with E-state index in [9.17, 15) is 0 Å². The Hall–Kier alpha value is -5.15. The molecule has 0 atom stereocenters. The normalized spacial score (nSPS) is 19.5. The fraction of sp³-hybridized carbons (Fsp3) is 0.286. The maximum absolute atomic E-state index is 6.19. The van der Waals surface area contributed by atoms with Gasteiger partial charge < -0.3 is 9.64 Å². The average Bonchev–Trinajstić information content (AvgIpc) is 3.48. The number of para-hydroxylation sites is 1. The van der Waals surface area contributed by atoms with Crippen LogP contribution in [0.1, 0.15) is 70.9 Å². The van der Waals surface area contributed by atoms with Gasteiger partial charge in [-0.15, -0.1) is 0 Å². The molecule has 0 unspecified atom stereocenters. The first-order valence-electron chi connectivity index (χ1n) is 19.1. The summed E-state index contributed by atoms with van der Waals surface area (Å²) in [6, 6.07) is 37.0. The van der Waals surface area contributed by atoms with Crippen molar-refractivity contribution in [3.05, 3.63) is 161 Å². The zero-order valence-corrected chi connectivity index (χ0v) is 31.7. The highest BCUT2D eigenvalue weighted by Gasteiger charge is 2.44. The van der Waals surface area contributed by atoms with E-state index in [0.29, 0.717) is 6.61 Å². The largest absolute Gasteiger partial charge is 0.494 e. The summed E-state index contributed by atoms with van der Waals surface area (Å²) in [5, 5.41) is 5.31. The Bertz CT molecular complexity index is 2350. The molecule has 3 aliphatic rings. The fourth-order valence-corrected chi connectivity index (χ4v) is 9.37. The van der Waals surface area contributed by atoms with Crippen molar-refractivity contribution in [2.24, 2.45) is 0 Å². The van der Waals surface area contributed by atoms with Crippen LogP contribution in [0, 0.1) is 0 Å². The Labute approximate surface area is 310 Å². The van der Waals surface area contributed by atoms with Crippen LogP contribution in [-0.2, 0) is 10.8 Å². The van der Waals surface area contributed by atoms with Gasteiger partial charge in [-0.05, 0) is 120 Å². The molecule has 0 aromatic heterocycles. The Morgan fingerprint density at radius 3 is 2.13 bits per heavy atom. The predicted molar refractivity (Wildman–Crippen MR) is 221 cm³/mol. The second kappa shape index (κ2) is 13.4. The molecule has 0 amide bonds. The maximum atomic E-state index is 6.19. The number of likely N-dealkylation sites (N-methyl/N-ethyl adjacent to an activating group) is 1. The lowest BCUT2D eigenvalue weighted by molar-refractivity contribution is -0.401. The van der Waals surface area contributed by atoms with Crippen molar-refractivity contribution >= 4 is 38.6 Å². The van der Waals surface area contributed by atoms with E-state index in [0.717, 1.165) is 37.9 Å². The van der Waals surface area contributed by atoms with Crippen molar-refractivity contribution in [2.75, 3.05) is 25.6 Å². The first-order valence-corrected chi connectivity index (χ1v) is 19.1. The lowest BCUT2D eigenvalue weighted by atomic mass is 9.78. The van der Waals surface area contributed by atoms with Gasteiger partial charge in [-0.25, -0.2) is 0 Å². The van der Waals surface area contributed by atoms with Gasteiger partial charge in [0.2, 0.25) is 5.69 Å². The molecule has 0 bridgehead atoms. The molecular formula is C49H51N2O+. The van der Waals surface area contributed by atoms with Gasteiger partial charge in [0, 0.05) is 41.6 Å². The summed E-state index contributed by atoms with van der Waals surface area (Å²) < 4.78 is 8.60. The zero-order chi connectivity index (χ0) is 36.0. The molecule has 52 heavy (non-hydrogen) atoms. The van der Waals surface area contributed by atoms with Crippen LogP contribution < -0.4 is 9.64 Å². The molecule has 0 N–H and O–H groups in total. The van der Waals surface area contributed by atoms with E-state index in [1.807, 2.05) is 30.3 Å². The molecule has 0 spiro atoms. The standard InChI is InChI=1S/C49H51N2O/c1-48(2)44(50(5)42-29-25-36-16-10-12-22-40(36)46(42)48)31-27-34-18-14-19-35(39(34)24-15-33-52-38-20-8-7-9-21-38)28-32-45-49(3,4)47-41-23-13-11-17-37(41)26-30-43(47)51(45)6/h7-13,16-17,20-23,25-32H,14-15,18-19,24,33H2,1-6H3/q+1. The molecule has 2 aliphatic heterocycles. The van der Waals surface area contributed by atoms with Crippen molar-refractivity contribution in [1.82, 2.24) is 0 Å². The van der Waals surface area contributed by atoms with Gasteiger partial charge in [-0.1, -0.05) is 98.8 Å². The van der Waals surface area contributed by atoms with E-state index in [1.165, 1.54) is 72.2 Å². The molecule has 3 heteroatoms. The molecule has 5 aromatic rings. The van der Waals surface area contributed by atoms with Crippen LogP contribution in [0.5, 0.6) is 5.75 Å². The van der Waals surface area contributed by atoms with E-state index in [4.69, 9.17) is 4.74 Å². The summed E-state index contributed by atoms with van der Waals surface area (Å²) in [4.78, 5) is 2.41. The number of hydrogen-bond donors (Lipinski definition) is 0. The first kappa shape index (κ1) is 34.0. The SMILES string of the molecule is CN1C(=CC=C2CCCC(C=CC3=[N+](C)c4ccc5ccccc5c4C3(C)C)=C2CCCOc2ccccc2)C(C)(C)c2c1ccc1ccccc21. The van der Waals surface area contributed by atoms with E-state index < -0.39 is 0 Å². The van der Waals surface area contributed by atoms with E-state index in [2.05, 4.69) is 148 Å². The second-order valence-corrected chi connectivity index (χ2v) is 15.8. The average molecular weight is 684 g/mol. The van der Waals surface area contributed by atoms with Crippen LogP contribution in [-0.4, -0.2) is 31.0 Å². The zero-order valence-electron chi connectivity index (χ0n) is 31.7. The number of rotatable bonds is 8. The van der Waals surface area contributed by atoms with Crippen molar-refractivity contribution in [2.45, 2.75) is 70.6 Å². The van der Waals surface area contributed by atoms with Gasteiger partial charge in [0.05, 0.1) is 12.0 Å². The lowest BCUT2D eigenvalue weighted by Gasteiger charge is -2.25. The molecule has 262 valence electrons. The number of ether oxygens (including phenoxy) is 1. The summed E-state index contributed by atoms with van der Waals surface area (Å²) in [6.45, 7) is 10.2. The molecule has 3 nitrogen and oxygen atoms in total. The Kier molecular flexibility index (Phi) is 8.78. The fourth-order valence-electron chi connectivity index (χ4n) is 9.37. The van der Waals surface area contributed by atoms with Crippen LogP contribution in [0.4, 0.5) is 11.4 Å². The third-order valence-corrected chi connectivity index (χ3v) is 11.9. The Morgan fingerprint density at radius 1 is 0.712 bits per heavy atom. The van der Waals surface area contributed by atoms with E-state index in [1.54, 1.807) is 0 Å². The maximum Gasteiger partial charge on any atom is 0.210 e. The minimum absolute atomic E-state index is 0.110. The van der Waals surface area contributed by atoms with Crippen LogP contribution in [0.2, 0.25) is 0 Å². The number of anilines is 1. The molecular weight excluding hydrogens is 633 g/mol. The van der Waals surface area contributed by atoms with E-state index in [-0.39, 0.29) is 10.8 Å². The highest BCUT2D eigenvalue weighted by atomic mass is 16.5. The summed E-state index contributed by atoms with van der Waals surface area (Å²) in [7, 11) is 4.47. The van der Waals surface area contributed by atoms with Gasteiger partial charge in [0.25, 0.3) is 0 Å². The van der Waals surface area contributed by atoms with Gasteiger partial charge in [-0.3, -0.25) is 0 Å². The van der Waals surface area contributed by atoms with Gasteiger partial charge >= 0.3 is 0 Å². The highest BCUT2D eigenvalue weighted by Crippen LogP contribution is 2.50. The molecule has 5 aromatic carbocycles. The van der Waals surface area contributed by atoms with Crippen LogP contribution in [0.3, 0.4) is 0 Å². The van der Waals surface area contributed by atoms with Crippen molar-refractivity contribution in [3.8, 4) is 5.75 Å². The highest BCUT2D eigenvalue weighted by molar-refractivity contribution is 6.07. The number of allylic oxidation sites excluding steroid dienone is 8. The molecule has 0 saturated heterocycles. The molecule has 0 saturated carbocycles. The topological polar surface area (TPSA) is 15.5 Å². The quantitative estimate of drug-likeness (QED) is 0.119. The van der Waals surface area contributed by atoms with Crippen molar-refractivity contribution in [3.63, 3.8) is 0 Å². The monoisotopic (exact) mass is 683 g/mol. The molecule has 0 fully saturated rings. The first-order chi connectivity index (χ1) is 25.2. The molecule has 2 heterocycles. The molecule has 8 rings (SSSR count).